The van der Waals surface area contributed by atoms with Gasteiger partial charge in [0.15, 0.2) is 0 Å². The zero-order chi connectivity index (χ0) is 13.4. The van der Waals surface area contributed by atoms with Gasteiger partial charge in [-0.25, -0.2) is 8.78 Å². The van der Waals surface area contributed by atoms with E-state index in [4.69, 9.17) is 0 Å². The van der Waals surface area contributed by atoms with Crippen LogP contribution < -0.4 is 0 Å². The molecule has 0 aliphatic carbocycles. The molecule has 0 saturated carbocycles. The molecule has 0 aromatic carbocycles. The first-order valence-corrected chi connectivity index (χ1v) is 3.42. The highest BCUT2D eigenvalue weighted by Gasteiger charge is 2.63. The molecule has 0 saturated heterocycles. The second-order valence-electron chi connectivity index (χ2n) is 2.82. The van der Waals surface area contributed by atoms with Crippen LogP contribution in [0.2, 0.25) is 0 Å². The van der Waals surface area contributed by atoms with E-state index in [2.05, 4.69) is 0 Å². The van der Waals surface area contributed by atoms with E-state index in [9.17, 15) is 43.9 Å². The predicted octanol–water partition coefficient (Wildman–Crippen LogP) is 3.98. The molecule has 0 N–H and O–H groups in total. The fourth-order valence-corrected chi connectivity index (χ4v) is 0.665. The van der Waals surface area contributed by atoms with Gasteiger partial charge in [0.05, 0.1) is 0 Å². The number of hydrogen-bond acceptors (Lipinski definition) is 0. The minimum atomic E-state index is -6.36. The smallest absolute Gasteiger partial charge is 0.206 e. The molecule has 0 aliphatic heterocycles. The van der Waals surface area contributed by atoms with Gasteiger partial charge in [-0.1, -0.05) is 0 Å². The summed E-state index contributed by atoms with van der Waals surface area (Å²) in [4.78, 5) is 0. The molecule has 0 amide bonds. The quantitative estimate of drug-likeness (QED) is 0.677. The third-order valence-corrected chi connectivity index (χ3v) is 1.21. The van der Waals surface area contributed by atoms with Crippen molar-refractivity contribution in [3.8, 4) is 0 Å². The molecule has 0 fully saturated rings. The Hall–Kier alpha value is -0.700. The van der Waals surface area contributed by atoms with Gasteiger partial charge < -0.3 is 0 Å². The maximum Gasteiger partial charge on any atom is 0.453 e. The largest absolute Gasteiger partial charge is 0.453 e. The molecule has 0 unspecified atom stereocenters. The number of rotatable bonds is 3. The molecule has 0 nitrogen and oxygen atoms in total. The van der Waals surface area contributed by atoms with Gasteiger partial charge in [0, 0.05) is 0 Å². The van der Waals surface area contributed by atoms with Crippen molar-refractivity contribution in [3.05, 3.63) is 6.42 Å². The molecule has 1 radical (unpaired) electrons. The van der Waals surface area contributed by atoms with E-state index in [1.807, 2.05) is 0 Å². The molecule has 10 heteroatoms. The fraction of sp³-hybridized carbons (Fsp3) is 0.833. The number of halogens is 10. The van der Waals surface area contributed by atoms with Crippen LogP contribution in [0.3, 0.4) is 0 Å². The lowest BCUT2D eigenvalue weighted by atomic mass is 10.1. The molecule has 97 valence electrons. The minimum absolute atomic E-state index is 1.95. The van der Waals surface area contributed by atoms with Crippen molar-refractivity contribution in [3.63, 3.8) is 0 Å². The lowest BCUT2D eigenvalue weighted by molar-refractivity contribution is -0.281. The average Bonchev–Trinajstić information content (AvgIpc) is 1.72. The second-order valence-corrected chi connectivity index (χ2v) is 2.82. The first-order valence-electron chi connectivity index (χ1n) is 3.42. The molecule has 0 aromatic heterocycles. The minimum Gasteiger partial charge on any atom is -0.206 e. The summed E-state index contributed by atoms with van der Waals surface area (Å²) in [6.07, 6.45) is -16.9. The van der Waals surface area contributed by atoms with Gasteiger partial charge in [-0.15, -0.1) is 0 Å². The number of alkyl halides is 10. The molecule has 16 heavy (non-hydrogen) atoms. The summed E-state index contributed by atoms with van der Waals surface area (Å²) >= 11 is 0. The highest BCUT2D eigenvalue weighted by molar-refractivity contribution is 5.00. The van der Waals surface area contributed by atoms with Crippen molar-refractivity contribution >= 4 is 0 Å². The normalized spacial score (nSPS) is 15.4. The molecule has 0 rings (SSSR count). The van der Waals surface area contributed by atoms with E-state index >= 15 is 0 Å². The van der Waals surface area contributed by atoms with Crippen LogP contribution in [-0.4, -0.2) is 24.2 Å². The maximum absolute atomic E-state index is 12.2. The van der Waals surface area contributed by atoms with Crippen LogP contribution in [-0.2, 0) is 0 Å². The zero-order valence-electron chi connectivity index (χ0n) is 7.06. The topological polar surface area (TPSA) is 0 Å². The highest BCUT2D eigenvalue weighted by Crippen LogP contribution is 2.44. The van der Waals surface area contributed by atoms with E-state index in [-0.39, 0.29) is 0 Å². The van der Waals surface area contributed by atoms with Gasteiger partial charge >= 0.3 is 18.3 Å². The Kier molecular flexibility index (Phi) is 3.78. The Balaban J connectivity index is 4.72. The zero-order valence-corrected chi connectivity index (χ0v) is 7.06. The SMILES string of the molecule is FC(F)(F)CC(F)(F)[CH]C(F)(F)C(F)(F)F. The summed E-state index contributed by atoms with van der Waals surface area (Å²) in [6, 6.07) is 0. The van der Waals surface area contributed by atoms with Crippen LogP contribution in [0.25, 0.3) is 0 Å². The predicted molar refractivity (Wildman–Crippen MR) is 30.9 cm³/mol. The molecule has 0 atom stereocenters. The Morgan fingerprint density at radius 2 is 1.06 bits per heavy atom. The first-order chi connectivity index (χ1) is 6.66. The molecule has 0 aromatic rings. The van der Waals surface area contributed by atoms with Gasteiger partial charge in [-0.05, 0) is 0 Å². The van der Waals surface area contributed by atoms with Crippen molar-refractivity contribution in [1.29, 1.82) is 0 Å². The van der Waals surface area contributed by atoms with Crippen molar-refractivity contribution < 1.29 is 43.9 Å². The van der Waals surface area contributed by atoms with E-state index in [0.717, 1.165) is 0 Å². The van der Waals surface area contributed by atoms with Crippen molar-refractivity contribution in [2.75, 3.05) is 0 Å². The highest BCUT2D eigenvalue weighted by atomic mass is 19.4. The Labute approximate surface area is 82.2 Å². The maximum atomic E-state index is 12.2. The number of hydrogen-bond donors (Lipinski definition) is 0. The van der Waals surface area contributed by atoms with Crippen LogP contribution in [0.1, 0.15) is 6.42 Å². The van der Waals surface area contributed by atoms with Crippen LogP contribution >= 0.6 is 0 Å². The molecule has 0 spiro atoms. The van der Waals surface area contributed by atoms with Crippen molar-refractivity contribution in [2.24, 2.45) is 0 Å². The van der Waals surface area contributed by atoms with Crippen LogP contribution in [0.15, 0.2) is 0 Å². The summed E-state index contributed by atoms with van der Waals surface area (Å²) < 4.78 is 117. The fourth-order valence-electron chi connectivity index (χ4n) is 0.665. The summed E-state index contributed by atoms with van der Waals surface area (Å²) in [5.74, 6) is -11.3. The second kappa shape index (κ2) is 3.95. The molecule has 0 aliphatic rings. The summed E-state index contributed by atoms with van der Waals surface area (Å²) in [5.41, 5.74) is 0. The summed E-state index contributed by atoms with van der Waals surface area (Å²) in [7, 11) is 0. The summed E-state index contributed by atoms with van der Waals surface area (Å²) in [5, 5.41) is 0. The van der Waals surface area contributed by atoms with Gasteiger partial charge in [0.2, 0.25) is 0 Å². The molecule has 0 heterocycles. The summed E-state index contributed by atoms with van der Waals surface area (Å²) in [6.45, 7) is 0. The van der Waals surface area contributed by atoms with Crippen LogP contribution in [0, 0.1) is 6.42 Å². The van der Waals surface area contributed by atoms with Gasteiger partial charge in [-0.2, -0.15) is 35.1 Å². The monoisotopic (exact) mass is 265 g/mol. The third-order valence-electron chi connectivity index (χ3n) is 1.21. The van der Waals surface area contributed by atoms with Crippen LogP contribution in [0.5, 0.6) is 0 Å². The van der Waals surface area contributed by atoms with Crippen molar-refractivity contribution in [1.82, 2.24) is 0 Å². The Morgan fingerprint density at radius 1 is 0.688 bits per heavy atom. The Morgan fingerprint density at radius 3 is 1.31 bits per heavy atom. The third kappa shape index (κ3) is 4.88. The van der Waals surface area contributed by atoms with Gasteiger partial charge in [0.25, 0.3) is 5.92 Å². The lowest BCUT2D eigenvalue weighted by Gasteiger charge is -2.24. The van der Waals surface area contributed by atoms with Crippen molar-refractivity contribution in [2.45, 2.75) is 30.6 Å². The van der Waals surface area contributed by atoms with E-state index in [1.165, 1.54) is 0 Å². The van der Waals surface area contributed by atoms with Crippen LogP contribution in [0.4, 0.5) is 43.9 Å². The standard InChI is InChI=1S/C6H3F10/c7-3(8,2-5(11,12)13)1-4(9,10)6(14,15)16/h1H,2H2. The Bertz CT molecular complexity index is 233. The van der Waals surface area contributed by atoms with E-state index < -0.39 is 37.0 Å². The first kappa shape index (κ1) is 15.3. The molecular weight excluding hydrogens is 262 g/mol. The lowest BCUT2D eigenvalue weighted by Crippen LogP contribution is -2.43. The van der Waals surface area contributed by atoms with Gasteiger partial charge in [0.1, 0.15) is 12.8 Å². The van der Waals surface area contributed by atoms with E-state index in [1.54, 1.807) is 0 Å². The average molecular weight is 265 g/mol. The van der Waals surface area contributed by atoms with E-state index in [0.29, 0.717) is 0 Å². The molecule has 0 bridgehead atoms. The molecular formula is C6H3F10. The van der Waals surface area contributed by atoms with Gasteiger partial charge in [-0.3, -0.25) is 0 Å².